The standard InChI is InChI=1S/C12H12N4O2/c13-12(16-17)9-2-4-10(5-3-9)18-8-11-14-6-1-7-15-11/h1-7,17H,8H2,(H2,13,16). The molecule has 1 heterocycles. The molecule has 0 atom stereocenters. The average Bonchev–Trinajstić information content (AvgIpc) is 2.46. The topological polar surface area (TPSA) is 93.6 Å². The molecule has 1 aromatic heterocycles. The first-order chi connectivity index (χ1) is 8.79. The van der Waals surface area contributed by atoms with Crippen LogP contribution in [0.4, 0.5) is 0 Å². The van der Waals surface area contributed by atoms with Crippen molar-refractivity contribution in [3.8, 4) is 5.75 Å². The molecular weight excluding hydrogens is 232 g/mol. The Hall–Kier alpha value is -2.63. The molecular formula is C12H12N4O2. The molecule has 2 rings (SSSR count). The zero-order valence-electron chi connectivity index (χ0n) is 9.52. The molecule has 0 fully saturated rings. The van der Waals surface area contributed by atoms with E-state index in [4.69, 9.17) is 15.7 Å². The maximum absolute atomic E-state index is 8.52. The Morgan fingerprint density at radius 3 is 2.50 bits per heavy atom. The van der Waals surface area contributed by atoms with Crippen LogP contribution >= 0.6 is 0 Å². The highest BCUT2D eigenvalue weighted by molar-refractivity contribution is 5.97. The van der Waals surface area contributed by atoms with Gasteiger partial charge >= 0.3 is 0 Å². The van der Waals surface area contributed by atoms with Crippen molar-refractivity contribution in [2.75, 3.05) is 0 Å². The van der Waals surface area contributed by atoms with Crippen LogP contribution in [0.1, 0.15) is 11.4 Å². The van der Waals surface area contributed by atoms with Crippen LogP contribution in [0.15, 0.2) is 47.9 Å². The second-order valence-electron chi connectivity index (χ2n) is 3.46. The number of hydrogen-bond acceptors (Lipinski definition) is 5. The van der Waals surface area contributed by atoms with Gasteiger partial charge in [0.25, 0.3) is 0 Å². The Bertz CT molecular complexity index is 526. The predicted octanol–water partition coefficient (Wildman–Crippen LogP) is 1.15. The lowest BCUT2D eigenvalue weighted by atomic mass is 10.2. The van der Waals surface area contributed by atoms with Crippen molar-refractivity contribution in [2.24, 2.45) is 10.9 Å². The summed E-state index contributed by atoms with van der Waals surface area (Å²) in [6.45, 7) is 0.295. The first-order valence-corrected chi connectivity index (χ1v) is 5.26. The van der Waals surface area contributed by atoms with Crippen LogP contribution in [-0.4, -0.2) is 21.0 Å². The summed E-state index contributed by atoms with van der Waals surface area (Å²) in [6.07, 6.45) is 3.32. The van der Waals surface area contributed by atoms with E-state index in [0.717, 1.165) is 0 Å². The SMILES string of the molecule is N/C(=N\O)c1ccc(OCc2ncccn2)cc1. The summed E-state index contributed by atoms with van der Waals surface area (Å²) in [5.74, 6) is 1.34. The van der Waals surface area contributed by atoms with E-state index in [1.54, 1.807) is 42.7 Å². The summed E-state index contributed by atoms with van der Waals surface area (Å²) in [5.41, 5.74) is 6.07. The molecule has 0 bridgehead atoms. The molecule has 0 amide bonds. The van der Waals surface area contributed by atoms with Crippen molar-refractivity contribution >= 4 is 5.84 Å². The minimum atomic E-state index is 0.0629. The van der Waals surface area contributed by atoms with Gasteiger partial charge in [0.1, 0.15) is 12.4 Å². The molecule has 0 unspecified atom stereocenters. The normalized spacial score (nSPS) is 11.2. The van der Waals surface area contributed by atoms with Crippen molar-refractivity contribution in [1.29, 1.82) is 0 Å². The molecule has 0 saturated carbocycles. The Labute approximate surface area is 104 Å². The lowest BCUT2D eigenvalue weighted by molar-refractivity contribution is 0.295. The molecule has 0 aliphatic carbocycles. The Kier molecular flexibility index (Phi) is 3.70. The summed E-state index contributed by atoms with van der Waals surface area (Å²) in [6, 6.07) is 8.62. The molecule has 2 aromatic rings. The van der Waals surface area contributed by atoms with Crippen molar-refractivity contribution in [2.45, 2.75) is 6.61 Å². The van der Waals surface area contributed by atoms with Crippen LogP contribution in [0.5, 0.6) is 5.75 Å². The Balaban J connectivity index is 1.99. The molecule has 0 spiro atoms. The highest BCUT2D eigenvalue weighted by atomic mass is 16.5. The number of rotatable bonds is 4. The number of benzene rings is 1. The first kappa shape index (κ1) is 11.8. The molecule has 0 aliphatic heterocycles. The van der Waals surface area contributed by atoms with Crippen LogP contribution in [0.2, 0.25) is 0 Å². The molecule has 6 heteroatoms. The lowest BCUT2D eigenvalue weighted by Gasteiger charge is -2.05. The van der Waals surface area contributed by atoms with Gasteiger partial charge < -0.3 is 15.7 Å². The molecule has 18 heavy (non-hydrogen) atoms. The minimum Gasteiger partial charge on any atom is -0.486 e. The molecule has 0 radical (unpaired) electrons. The summed E-state index contributed by atoms with van der Waals surface area (Å²) in [4.78, 5) is 8.09. The van der Waals surface area contributed by atoms with E-state index in [1.807, 2.05) is 0 Å². The number of oxime groups is 1. The average molecular weight is 244 g/mol. The van der Waals surface area contributed by atoms with Crippen molar-refractivity contribution in [1.82, 2.24) is 9.97 Å². The zero-order chi connectivity index (χ0) is 12.8. The van der Waals surface area contributed by atoms with Crippen molar-refractivity contribution in [3.63, 3.8) is 0 Å². The van der Waals surface area contributed by atoms with E-state index in [2.05, 4.69) is 15.1 Å². The largest absolute Gasteiger partial charge is 0.486 e. The number of hydrogen-bond donors (Lipinski definition) is 2. The van der Waals surface area contributed by atoms with E-state index in [-0.39, 0.29) is 5.84 Å². The van der Waals surface area contributed by atoms with Gasteiger partial charge in [-0.1, -0.05) is 5.16 Å². The van der Waals surface area contributed by atoms with E-state index < -0.39 is 0 Å². The maximum Gasteiger partial charge on any atom is 0.170 e. The first-order valence-electron chi connectivity index (χ1n) is 5.26. The molecule has 6 nitrogen and oxygen atoms in total. The third-order valence-electron chi connectivity index (χ3n) is 2.25. The highest BCUT2D eigenvalue weighted by Gasteiger charge is 2.01. The van der Waals surface area contributed by atoms with Gasteiger partial charge in [0.05, 0.1) is 0 Å². The van der Waals surface area contributed by atoms with Gasteiger partial charge in [-0.05, 0) is 30.3 Å². The van der Waals surface area contributed by atoms with E-state index in [9.17, 15) is 0 Å². The fourth-order valence-electron chi connectivity index (χ4n) is 1.33. The minimum absolute atomic E-state index is 0.0629. The number of amidine groups is 1. The summed E-state index contributed by atoms with van der Waals surface area (Å²) < 4.78 is 5.49. The van der Waals surface area contributed by atoms with Gasteiger partial charge in [-0.2, -0.15) is 0 Å². The Morgan fingerprint density at radius 2 is 1.89 bits per heavy atom. The van der Waals surface area contributed by atoms with Crippen molar-refractivity contribution in [3.05, 3.63) is 54.1 Å². The van der Waals surface area contributed by atoms with Crippen LogP contribution < -0.4 is 10.5 Å². The fourth-order valence-corrected chi connectivity index (χ4v) is 1.33. The molecule has 1 aromatic carbocycles. The third-order valence-corrected chi connectivity index (χ3v) is 2.25. The monoisotopic (exact) mass is 244 g/mol. The van der Waals surface area contributed by atoms with Crippen LogP contribution in [0, 0.1) is 0 Å². The number of nitrogens with two attached hydrogens (primary N) is 1. The van der Waals surface area contributed by atoms with Gasteiger partial charge in [-0.3, -0.25) is 0 Å². The van der Waals surface area contributed by atoms with Gasteiger partial charge in [0.2, 0.25) is 0 Å². The third kappa shape index (κ3) is 2.94. The van der Waals surface area contributed by atoms with Gasteiger partial charge in [-0.25, -0.2) is 9.97 Å². The maximum atomic E-state index is 8.52. The Morgan fingerprint density at radius 1 is 1.22 bits per heavy atom. The second kappa shape index (κ2) is 5.62. The van der Waals surface area contributed by atoms with Gasteiger partial charge in [0, 0.05) is 18.0 Å². The molecule has 3 N–H and O–H groups in total. The quantitative estimate of drug-likeness (QED) is 0.364. The number of nitrogens with zero attached hydrogens (tertiary/aromatic N) is 3. The predicted molar refractivity (Wildman–Crippen MR) is 65.3 cm³/mol. The zero-order valence-corrected chi connectivity index (χ0v) is 9.52. The van der Waals surface area contributed by atoms with Gasteiger partial charge in [0.15, 0.2) is 11.7 Å². The number of ether oxygens (including phenoxy) is 1. The van der Waals surface area contributed by atoms with Crippen LogP contribution in [0.3, 0.4) is 0 Å². The summed E-state index contributed by atoms with van der Waals surface area (Å²) >= 11 is 0. The molecule has 0 aliphatic rings. The lowest BCUT2D eigenvalue weighted by Crippen LogP contribution is -2.12. The van der Waals surface area contributed by atoms with E-state index in [1.165, 1.54) is 0 Å². The van der Waals surface area contributed by atoms with Gasteiger partial charge in [-0.15, -0.1) is 0 Å². The van der Waals surface area contributed by atoms with E-state index in [0.29, 0.717) is 23.7 Å². The van der Waals surface area contributed by atoms with Crippen molar-refractivity contribution < 1.29 is 9.94 Å². The van der Waals surface area contributed by atoms with E-state index >= 15 is 0 Å². The fraction of sp³-hybridized carbons (Fsp3) is 0.0833. The highest BCUT2D eigenvalue weighted by Crippen LogP contribution is 2.13. The molecule has 0 saturated heterocycles. The van der Waals surface area contributed by atoms with Crippen LogP contribution in [0.25, 0.3) is 0 Å². The van der Waals surface area contributed by atoms with Crippen LogP contribution in [-0.2, 0) is 6.61 Å². The summed E-state index contributed by atoms with van der Waals surface area (Å²) in [5, 5.41) is 11.4. The summed E-state index contributed by atoms with van der Waals surface area (Å²) in [7, 11) is 0. The smallest absolute Gasteiger partial charge is 0.170 e. The second-order valence-corrected chi connectivity index (χ2v) is 3.46. The number of aromatic nitrogens is 2. The molecule has 92 valence electrons.